The molecule has 0 spiro atoms. The van der Waals surface area contributed by atoms with Crippen molar-refractivity contribution < 1.29 is 19.4 Å². The number of carboxylic acids is 1. The van der Waals surface area contributed by atoms with Crippen molar-refractivity contribution in [2.24, 2.45) is 0 Å². The molecule has 1 aliphatic rings. The Bertz CT molecular complexity index is 484. The van der Waals surface area contributed by atoms with E-state index in [-0.39, 0.29) is 12.5 Å². The number of hydrogen-bond donors (Lipinski definition) is 2. The van der Waals surface area contributed by atoms with Crippen LogP contribution in [0.4, 0.5) is 11.4 Å². The maximum atomic E-state index is 11.6. The van der Waals surface area contributed by atoms with Crippen molar-refractivity contribution in [1.29, 1.82) is 0 Å². The Morgan fingerprint density at radius 1 is 1.25 bits per heavy atom. The molecule has 0 aromatic heterocycles. The van der Waals surface area contributed by atoms with Crippen LogP contribution >= 0.6 is 0 Å². The quantitative estimate of drug-likeness (QED) is 0.820. The molecule has 0 radical (unpaired) electrons. The summed E-state index contributed by atoms with van der Waals surface area (Å²) in [7, 11) is 0. The first-order chi connectivity index (χ1) is 9.65. The molecule has 6 nitrogen and oxygen atoms in total. The molecule has 0 unspecified atom stereocenters. The van der Waals surface area contributed by atoms with Crippen molar-refractivity contribution in [3.05, 3.63) is 24.3 Å². The predicted molar refractivity (Wildman–Crippen MR) is 75.0 cm³/mol. The third-order valence-electron chi connectivity index (χ3n) is 3.06. The smallest absolute Gasteiger partial charge is 0.329 e. The largest absolute Gasteiger partial charge is 0.480 e. The summed E-state index contributed by atoms with van der Waals surface area (Å²) in [6.07, 6.45) is 2.39. The molecule has 1 aliphatic heterocycles. The molecule has 20 heavy (non-hydrogen) atoms. The Hall–Kier alpha value is -2.08. The molecule has 108 valence electrons. The van der Waals surface area contributed by atoms with Crippen LogP contribution in [0, 0.1) is 0 Å². The maximum absolute atomic E-state index is 11.6. The molecule has 0 saturated carbocycles. The van der Waals surface area contributed by atoms with Gasteiger partial charge in [-0.3, -0.25) is 4.79 Å². The summed E-state index contributed by atoms with van der Waals surface area (Å²) >= 11 is 0. The van der Waals surface area contributed by atoms with Crippen LogP contribution in [-0.2, 0) is 14.3 Å². The Balaban J connectivity index is 1.87. The van der Waals surface area contributed by atoms with Crippen LogP contribution in [0.3, 0.4) is 0 Å². The number of amides is 1. The molecule has 1 amide bonds. The van der Waals surface area contributed by atoms with Gasteiger partial charge < -0.3 is 20.1 Å². The van der Waals surface area contributed by atoms with Gasteiger partial charge in [-0.1, -0.05) is 6.07 Å². The Morgan fingerprint density at radius 3 is 2.70 bits per heavy atom. The normalized spacial score (nSPS) is 14.3. The Kier molecular flexibility index (Phi) is 4.95. The number of anilines is 2. The highest BCUT2D eigenvalue weighted by Gasteiger charge is 2.13. The van der Waals surface area contributed by atoms with Gasteiger partial charge in [-0.05, 0) is 31.0 Å². The zero-order chi connectivity index (χ0) is 14.4. The zero-order valence-electron chi connectivity index (χ0n) is 11.2. The standard InChI is InChI=1S/C14H18N2O4/c17-13(9-20-10-14(18)19)15-11-4-3-5-12(8-11)16-6-1-2-7-16/h3-5,8H,1-2,6-7,9-10H2,(H,15,17)(H,18,19). The van der Waals surface area contributed by atoms with Gasteiger partial charge in [-0.25, -0.2) is 4.79 Å². The minimum Gasteiger partial charge on any atom is -0.480 e. The predicted octanol–water partition coefficient (Wildman–Crippen LogP) is 1.33. The number of carboxylic acid groups (broad SMARTS) is 1. The van der Waals surface area contributed by atoms with Gasteiger partial charge in [0.15, 0.2) is 0 Å². The van der Waals surface area contributed by atoms with Gasteiger partial charge >= 0.3 is 5.97 Å². The molecule has 1 aromatic carbocycles. The highest BCUT2D eigenvalue weighted by Crippen LogP contribution is 2.23. The first-order valence-electron chi connectivity index (χ1n) is 6.59. The number of nitrogens with one attached hydrogen (secondary N) is 1. The van der Waals surface area contributed by atoms with Gasteiger partial charge in [0.25, 0.3) is 0 Å². The molecular weight excluding hydrogens is 260 g/mol. The summed E-state index contributed by atoms with van der Waals surface area (Å²) < 4.78 is 4.74. The van der Waals surface area contributed by atoms with E-state index in [1.165, 1.54) is 12.8 Å². The number of hydrogen-bond acceptors (Lipinski definition) is 4. The molecule has 1 fully saturated rings. The van der Waals surface area contributed by atoms with Crippen molar-refractivity contribution in [2.75, 3.05) is 36.5 Å². The minimum atomic E-state index is -1.09. The number of carbonyl (C=O) groups excluding carboxylic acids is 1. The van der Waals surface area contributed by atoms with Crippen LogP contribution in [-0.4, -0.2) is 43.3 Å². The number of carbonyl (C=O) groups is 2. The number of benzene rings is 1. The molecule has 6 heteroatoms. The third kappa shape index (κ3) is 4.24. The van der Waals surface area contributed by atoms with E-state index >= 15 is 0 Å². The zero-order valence-corrected chi connectivity index (χ0v) is 11.2. The third-order valence-corrected chi connectivity index (χ3v) is 3.06. The van der Waals surface area contributed by atoms with Gasteiger partial charge in [-0.2, -0.15) is 0 Å². The average Bonchev–Trinajstić information content (AvgIpc) is 2.92. The summed E-state index contributed by atoms with van der Waals surface area (Å²) in [4.78, 5) is 24.1. The lowest BCUT2D eigenvalue weighted by Crippen LogP contribution is -2.21. The fourth-order valence-electron chi connectivity index (χ4n) is 2.18. The van der Waals surface area contributed by atoms with Crippen LogP contribution in [0.2, 0.25) is 0 Å². The van der Waals surface area contributed by atoms with E-state index < -0.39 is 12.6 Å². The number of ether oxygens (including phenoxy) is 1. The van der Waals surface area contributed by atoms with Crippen LogP contribution in [0.15, 0.2) is 24.3 Å². The second-order valence-corrected chi connectivity index (χ2v) is 4.68. The van der Waals surface area contributed by atoms with E-state index in [9.17, 15) is 9.59 Å². The summed E-state index contributed by atoms with van der Waals surface area (Å²) in [6, 6.07) is 7.62. The van der Waals surface area contributed by atoms with Crippen molar-refractivity contribution in [3.8, 4) is 0 Å². The SMILES string of the molecule is O=C(O)COCC(=O)Nc1cccc(N2CCCC2)c1. The van der Waals surface area contributed by atoms with E-state index in [0.29, 0.717) is 5.69 Å². The number of aliphatic carboxylic acids is 1. The summed E-state index contributed by atoms with van der Waals surface area (Å²) in [6.45, 7) is 1.35. The van der Waals surface area contributed by atoms with E-state index in [1.807, 2.05) is 18.2 Å². The Morgan fingerprint density at radius 2 is 2.00 bits per heavy atom. The lowest BCUT2D eigenvalue weighted by Gasteiger charge is -2.18. The van der Waals surface area contributed by atoms with Crippen molar-refractivity contribution in [2.45, 2.75) is 12.8 Å². The molecule has 0 atom stereocenters. The van der Waals surface area contributed by atoms with E-state index in [1.54, 1.807) is 6.07 Å². The lowest BCUT2D eigenvalue weighted by atomic mass is 10.2. The van der Waals surface area contributed by atoms with Crippen molar-refractivity contribution >= 4 is 23.3 Å². The van der Waals surface area contributed by atoms with Gasteiger partial charge in [-0.15, -0.1) is 0 Å². The first-order valence-corrected chi connectivity index (χ1v) is 6.59. The summed E-state index contributed by atoms with van der Waals surface area (Å²) in [5.41, 5.74) is 1.78. The second-order valence-electron chi connectivity index (χ2n) is 4.68. The summed E-state index contributed by atoms with van der Waals surface area (Å²) in [5, 5.41) is 11.1. The number of nitrogens with zero attached hydrogens (tertiary/aromatic N) is 1. The molecule has 1 saturated heterocycles. The molecule has 0 bridgehead atoms. The molecule has 0 aliphatic carbocycles. The number of rotatable bonds is 6. The molecular formula is C14H18N2O4. The molecule has 2 N–H and O–H groups in total. The van der Waals surface area contributed by atoms with E-state index in [2.05, 4.69) is 10.2 Å². The van der Waals surface area contributed by atoms with Crippen LogP contribution in [0.25, 0.3) is 0 Å². The van der Waals surface area contributed by atoms with E-state index in [4.69, 9.17) is 9.84 Å². The minimum absolute atomic E-state index is 0.264. The van der Waals surface area contributed by atoms with Gasteiger partial charge in [0.1, 0.15) is 13.2 Å². The topological polar surface area (TPSA) is 78.9 Å². The summed E-state index contributed by atoms with van der Waals surface area (Å²) in [5.74, 6) is -1.45. The lowest BCUT2D eigenvalue weighted by molar-refractivity contribution is -0.143. The van der Waals surface area contributed by atoms with E-state index in [0.717, 1.165) is 18.8 Å². The highest BCUT2D eigenvalue weighted by atomic mass is 16.5. The maximum Gasteiger partial charge on any atom is 0.329 e. The van der Waals surface area contributed by atoms with Crippen LogP contribution < -0.4 is 10.2 Å². The molecule has 1 heterocycles. The fraction of sp³-hybridized carbons (Fsp3) is 0.429. The van der Waals surface area contributed by atoms with Gasteiger partial charge in [0.05, 0.1) is 0 Å². The van der Waals surface area contributed by atoms with Crippen LogP contribution in [0.1, 0.15) is 12.8 Å². The molecule has 1 aromatic rings. The van der Waals surface area contributed by atoms with Gasteiger partial charge in [0, 0.05) is 24.5 Å². The van der Waals surface area contributed by atoms with Crippen molar-refractivity contribution in [1.82, 2.24) is 0 Å². The fourth-order valence-corrected chi connectivity index (χ4v) is 2.18. The average molecular weight is 278 g/mol. The monoisotopic (exact) mass is 278 g/mol. The Labute approximate surface area is 117 Å². The molecule has 2 rings (SSSR count). The van der Waals surface area contributed by atoms with Crippen LogP contribution in [0.5, 0.6) is 0 Å². The second kappa shape index (κ2) is 6.91. The van der Waals surface area contributed by atoms with Crippen molar-refractivity contribution in [3.63, 3.8) is 0 Å². The van der Waals surface area contributed by atoms with Gasteiger partial charge in [0.2, 0.25) is 5.91 Å². The highest BCUT2D eigenvalue weighted by molar-refractivity contribution is 5.92. The first kappa shape index (κ1) is 14.3.